The van der Waals surface area contributed by atoms with E-state index in [0.29, 0.717) is 6.54 Å². The Morgan fingerprint density at radius 1 is 1.00 bits per heavy atom. The van der Waals surface area contributed by atoms with E-state index in [2.05, 4.69) is 6.92 Å². The molecule has 0 bridgehead atoms. The summed E-state index contributed by atoms with van der Waals surface area (Å²) < 4.78 is 26.9. The van der Waals surface area contributed by atoms with E-state index in [9.17, 15) is 13.2 Å². The lowest BCUT2D eigenvalue weighted by Crippen LogP contribution is -2.45. The average Bonchev–Trinajstić information content (AvgIpc) is 2.93. The maximum absolute atomic E-state index is 13.5. The molecule has 0 radical (unpaired) electrons. The number of rotatable bonds is 6. The van der Waals surface area contributed by atoms with Gasteiger partial charge in [-0.1, -0.05) is 61.4 Å². The zero-order valence-electron chi connectivity index (χ0n) is 16.0. The highest BCUT2D eigenvalue weighted by molar-refractivity contribution is 7.95. The molecule has 3 rings (SSSR count). The van der Waals surface area contributed by atoms with Gasteiger partial charge in [-0.25, -0.2) is 8.42 Å². The first-order chi connectivity index (χ1) is 12.8. The van der Waals surface area contributed by atoms with Crippen LogP contribution >= 0.6 is 0 Å². The predicted octanol–water partition coefficient (Wildman–Crippen LogP) is 4.21. The molecule has 2 aromatic rings. The van der Waals surface area contributed by atoms with Crippen LogP contribution in [0.4, 0.5) is 0 Å². The van der Waals surface area contributed by atoms with Crippen molar-refractivity contribution in [1.82, 2.24) is 4.90 Å². The minimum Gasteiger partial charge on any atom is -0.325 e. The van der Waals surface area contributed by atoms with Crippen molar-refractivity contribution in [3.8, 4) is 0 Å². The fraction of sp³-hybridized carbons (Fsp3) is 0.318. The fourth-order valence-electron chi connectivity index (χ4n) is 3.58. The average molecular weight is 384 g/mol. The first kappa shape index (κ1) is 19.4. The summed E-state index contributed by atoms with van der Waals surface area (Å²) in [5.41, 5.74) is 0.770. The summed E-state index contributed by atoms with van der Waals surface area (Å²) in [5, 5.41) is 0. The van der Waals surface area contributed by atoms with Gasteiger partial charge >= 0.3 is 0 Å². The van der Waals surface area contributed by atoms with E-state index >= 15 is 0 Å². The monoisotopic (exact) mass is 383 g/mol. The van der Waals surface area contributed by atoms with Crippen molar-refractivity contribution in [2.75, 3.05) is 6.54 Å². The molecule has 0 spiro atoms. The molecule has 0 fully saturated rings. The van der Waals surface area contributed by atoms with Gasteiger partial charge in [0.05, 0.1) is 9.80 Å². The number of hydrogen-bond acceptors (Lipinski definition) is 3. The normalized spacial score (nSPS) is 20.0. The van der Waals surface area contributed by atoms with E-state index in [1.807, 2.05) is 44.2 Å². The number of aryl methyl sites for hydroxylation is 1. The Hall–Kier alpha value is -2.40. The predicted molar refractivity (Wildman–Crippen MR) is 107 cm³/mol. The maximum atomic E-state index is 13.5. The van der Waals surface area contributed by atoms with Crippen molar-refractivity contribution in [3.05, 3.63) is 76.7 Å². The molecular weight excluding hydrogens is 358 g/mol. The number of carbonyl (C=O) groups is 1. The topological polar surface area (TPSA) is 54.5 Å². The molecule has 5 heteroatoms. The number of unbranched alkanes of at least 4 members (excludes halogenated alkanes) is 1. The SMILES string of the molecule is CCCCN1C(=O)C=C(S(=O)(=O)c2ccc(C)cc2)C1(C)c1ccccc1. The van der Waals surface area contributed by atoms with Crippen LogP contribution in [0.15, 0.2) is 70.5 Å². The minimum absolute atomic E-state index is 0.145. The Labute approximate surface area is 161 Å². The molecule has 0 saturated heterocycles. The standard InChI is InChI=1S/C22H25NO3S/c1-4-5-15-23-21(24)16-20(22(23,3)18-9-7-6-8-10-18)27(25,26)19-13-11-17(2)12-14-19/h6-14,16H,4-5,15H2,1-3H3. The summed E-state index contributed by atoms with van der Waals surface area (Å²) in [6.45, 7) is 6.32. The second kappa shape index (κ2) is 7.31. The number of benzene rings is 2. The van der Waals surface area contributed by atoms with Crippen molar-refractivity contribution < 1.29 is 13.2 Å². The highest BCUT2D eigenvalue weighted by Crippen LogP contribution is 2.45. The Bertz CT molecular complexity index is 962. The first-order valence-electron chi connectivity index (χ1n) is 9.23. The number of sulfone groups is 1. The van der Waals surface area contributed by atoms with Gasteiger partial charge in [-0.15, -0.1) is 0 Å². The molecule has 0 aliphatic carbocycles. The second-order valence-corrected chi connectivity index (χ2v) is 9.02. The van der Waals surface area contributed by atoms with E-state index in [0.717, 1.165) is 24.0 Å². The van der Waals surface area contributed by atoms with Crippen LogP contribution in [-0.4, -0.2) is 25.8 Å². The van der Waals surface area contributed by atoms with Gasteiger partial charge in [0.15, 0.2) is 0 Å². The van der Waals surface area contributed by atoms with Crippen LogP contribution in [0.1, 0.15) is 37.8 Å². The lowest BCUT2D eigenvalue weighted by Gasteiger charge is -2.38. The third-order valence-corrected chi connectivity index (χ3v) is 7.22. The van der Waals surface area contributed by atoms with Gasteiger partial charge in [0, 0.05) is 12.6 Å². The van der Waals surface area contributed by atoms with Gasteiger partial charge in [0.25, 0.3) is 0 Å². The molecule has 1 atom stereocenters. The number of amides is 1. The Morgan fingerprint density at radius 2 is 1.63 bits per heavy atom. The third-order valence-electron chi connectivity index (χ3n) is 5.23. The van der Waals surface area contributed by atoms with Crippen LogP contribution in [0.3, 0.4) is 0 Å². The Kier molecular flexibility index (Phi) is 5.24. The van der Waals surface area contributed by atoms with Crippen molar-refractivity contribution >= 4 is 15.7 Å². The Balaban J connectivity index is 2.16. The quantitative estimate of drug-likeness (QED) is 0.751. The number of hydrogen-bond donors (Lipinski definition) is 0. The van der Waals surface area contributed by atoms with Crippen LogP contribution < -0.4 is 0 Å². The van der Waals surface area contributed by atoms with Crippen molar-refractivity contribution in [1.29, 1.82) is 0 Å². The van der Waals surface area contributed by atoms with Crippen LogP contribution in [-0.2, 0) is 20.2 Å². The molecule has 1 unspecified atom stereocenters. The zero-order valence-corrected chi connectivity index (χ0v) is 16.8. The summed E-state index contributed by atoms with van der Waals surface area (Å²) in [6.07, 6.45) is 3.05. The number of carbonyl (C=O) groups excluding carboxylic acids is 1. The van der Waals surface area contributed by atoms with Gasteiger partial charge in [0.2, 0.25) is 15.7 Å². The van der Waals surface area contributed by atoms with Gasteiger partial charge in [-0.2, -0.15) is 0 Å². The molecule has 0 saturated carbocycles. The molecule has 2 aromatic carbocycles. The van der Waals surface area contributed by atoms with Crippen molar-refractivity contribution in [2.24, 2.45) is 0 Å². The molecule has 1 aliphatic heterocycles. The summed E-state index contributed by atoms with van der Waals surface area (Å²) in [4.78, 5) is 14.8. The number of nitrogens with zero attached hydrogens (tertiary/aromatic N) is 1. The molecule has 0 aromatic heterocycles. The smallest absolute Gasteiger partial charge is 0.248 e. The highest BCUT2D eigenvalue weighted by atomic mass is 32.2. The van der Waals surface area contributed by atoms with Crippen LogP contribution in [0.25, 0.3) is 0 Å². The summed E-state index contributed by atoms with van der Waals surface area (Å²) >= 11 is 0. The van der Waals surface area contributed by atoms with E-state index in [1.54, 1.807) is 29.2 Å². The van der Waals surface area contributed by atoms with E-state index in [-0.39, 0.29) is 15.7 Å². The summed E-state index contributed by atoms with van der Waals surface area (Å²) in [5.74, 6) is -0.250. The second-order valence-electron chi connectivity index (χ2n) is 7.11. The largest absolute Gasteiger partial charge is 0.325 e. The van der Waals surface area contributed by atoms with Gasteiger partial charge in [-0.05, 0) is 38.0 Å². The molecule has 142 valence electrons. The summed E-state index contributed by atoms with van der Waals surface area (Å²) in [7, 11) is -3.80. The van der Waals surface area contributed by atoms with E-state index in [1.165, 1.54) is 6.08 Å². The zero-order chi connectivity index (χ0) is 19.7. The third kappa shape index (κ3) is 3.32. The molecule has 1 amide bonds. The van der Waals surface area contributed by atoms with Gasteiger partial charge < -0.3 is 4.90 Å². The lowest BCUT2D eigenvalue weighted by atomic mass is 9.91. The van der Waals surface area contributed by atoms with E-state index < -0.39 is 15.4 Å². The molecule has 0 N–H and O–H groups in total. The fourth-order valence-corrected chi connectivity index (χ4v) is 5.33. The summed E-state index contributed by atoms with van der Waals surface area (Å²) in [6, 6.07) is 16.2. The van der Waals surface area contributed by atoms with Gasteiger partial charge in [0.1, 0.15) is 5.54 Å². The van der Waals surface area contributed by atoms with E-state index in [4.69, 9.17) is 0 Å². The molecule has 27 heavy (non-hydrogen) atoms. The maximum Gasteiger partial charge on any atom is 0.248 e. The van der Waals surface area contributed by atoms with Gasteiger partial charge in [-0.3, -0.25) is 4.79 Å². The molecule has 4 nitrogen and oxygen atoms in total. The van der Waals surface area contributed by atoms with Crippen LogP contribution in [0.2, 0.25) is 0 Å². The van der Waals surface area contributed by atoms with Crippen LogP contribution in [0.5, 0.6) is 0 Å². The first-order valence-corrected chi connectivity index (χ1v) is 10.7. The lowest BCUT2D eigenvalue weighted by molar-refractivity contribution is -0.128. The highest BCUT2D eigenvalue weighted by Gasteiger charge is 2.50. The van der Waals surface area contributed by atoms with Crippen LogP contribution in [0, 0.1) is 6.92 Å². The van der Waals surface area contributed by atoms with Crippen molar-refractivity contribution in [2.45, 2.75) is 44.0 Å². The molecule has 1 heterocycles. The Morgan fingerprint density at radius 3 is 2.22 bits per heavy atom. The minimum atomic E-state index is -3.80. The molecule has 1 aliphatic rings. The molecular formula is C22H25NO3S. The van der Waals surface area contributed by atoms with Crippen molar-refractivity contribution in [3.63, 3.8) is 0 Å².